The number of aliphatic carboxylic acids is 1. The zero-order valence-corrected chi connectivity index (χ0v) is 10.7. The highest BCUT2D eigenvalue weighted by molar-refractivity contribution is 5.78. The standard InChI is InChI=1S/C12H23NO3/c1-5-10(4)12(16)13(9(2)3)8-6-7-11(14)15/h9-10H,5-8H2,1-4H3,(H,14,15). The Bertz CT molecular complexity index is 238. The predicted molar refractivity (Wildman–Crippen MR) is 63.2 cm³/mol. The first kappa shape index (κ1) is 14.9. The lowest BCUT2D eigenvalue weighted by Crippen LogP contribution is -2.40. The first-order valence-corrected chi connectivity index (χ1v) is 5.92. The predicted octanol–water partition coefficient (Wildman–Crippen LogP) is 2.13. The quantitative estimate of drug-likeness (QED) is 0.727. The van der Waals surface area contributed by atoms with Gasteiger partial charge in [-0.2, -0.15) is 0 Å². The molecule has 0 aliphatic rings. The molecule has 0 spiro atoms. The minimum atomic E-state index is -0.806. The van der Waals surface area contributed by atoms with Crippen molar-refractivity contribution in [2.75, 3.05) is 6.54 Å². The fourth-order valence-corrected chi connectivity index (χ4v) is 1.48. The van der Waals surface area contributed by atoms with Gasteiger partial charge in [0, 0.05) is 24.9 Å². The minimum absolute atomic E-state index is 0.0206. The Hall–Kier alpha value is -1.06. The van der Waals surface area contributed by atoms with E-state index in [1.54, 1.807) is 4.90 Å². The van der Waals surface area contributed by atoms with Crippen molar-refractivity contribution in [3.8, 4) is 0 Å². The van der Waals surface area contributed by atoms with Crippen molar-refractivity contribution >= 4 is 11.9 Å². The molecule has 94 valence electrons. The smallest absolute Gasteiger partial charge is 0.303 e. The van der Waals surface area contributed by atoms with E-state index in [1.165, 1.54) is 0 Å². The van der Waals surface area contributed by atoms with E-state index in [9.17, 15) is 9.59 Å². The Morgan fingerprint density at radius 2 is 1.81 bits per heavy atom. The summed E-state index contributed by atoms with van der Waals surface area (Å²) in [6, 6.07) is 0.135. The maximum atomic E-state index is 12.0. The molecule has 0 aliphatic heterocycles. The molecule has 0 aromatic heterocycles. The molecule has 1 N–H and O–H groups in total. The van der Waals surface area contributed by atoms with Gasteiger partial charge in [0.15, 0.2) is 0 Å². The molecule has 16 heavy (non-hydrogen) atoms. The Morgan fingerprint density at radius 3 is 2.19 bits per heavy atom. The molecule has 0 aromatic rings. The third kappa shape index (κ3) is 5.14. The second kappa shape index (κ2) is 7.25. The van der Waals surface area contributed by atoms with Crippen LogP contribution in [0.1, 0.15) is 47.0 Å². The summed E-state index contributed by atoms with van der Waals surface area (Å²) in [5, 5.41) is 8.56. The van der Waals surface area contributed by atoms with Crippen LogP contribution in [0.5, 0.6) is 0 Å². The van der Waals surface area contributed by atoms with Crippen molar-refractivity contribution in [3.05, 3.63) is 0 Å². The molecule has 0 radical (unpaired) electrons. The molecule has 0 aliphatic carbocycles. The molecule has 1 amide bonds. The van der Waals surface area contributed by atoms with Gasteiger partial charge in [-0.1, -0.05) is 13.8 Å². The molecule has 0 fully saturated rings. The highest BCUT2D eigenvalue weighted by Crippen LogP contribution is 2.11. The fourth-order valence-electron chi connectivity index (χ4n) is 1.48. The molecular weight excluding hydrogens is 206 g/mol. The van der Waals surface area contributed by atoms with Gasteiger partial charge >= 0.3 is 5.97 Å². The van der Waals surface area contributed by atoms with E-state index >= 15 is 0 Å². The molecule has 0 heterocycles. The number of nitrogens with zero attached hydrogens (tertiary/aromatic N) is 1. The Labute approximate surface area is 97.6 Å². The molecule has 0 aromatic carbocycles. The number of hydrogen-bond donors (Lipinski definition) is 1. The van der Waals surface area contributed by atoms with Crippen molar-refractivity contribution in [3.63, 3.8) is 0 Å². The Kier molecular flexibility index (Phi) is 6.77. The van der Waals surface area contributed by atoms with E-state index in [-0.39, 0.29) is 24.3 Å². The van der Waals surface area contributed by atoms with Crippen LogP contribution in [0, 0.1) is 5.92 Å². The maximum absolute atomic E-state index is 12.0. The second-order valence-corrected chi connectivity index (χ2v) is 4.43. The fraction of sp³-hybridized carbons (Fsp3) is 0.833. The largest absolute Gasteiger partial charge is 0.481 e. The van der Waals surface area contributed by atoms with Crippen LogP contribution in [0.25, 0.3) is 0 Å². The van der Waals surface area contributed by atoms with Gasteiger partial charge in [-0.05, 0) is 26.7 Å². The molecule has 0 rings (SSSR count). The summed E-state index contributed by atoms with van der Waals surface area (Å²) in [7, 11) is 0. The zero-order chi connectivity index (χ0) is 12.7. The third-order valence-electron chi connectivity index (χ3n) is 2.73. The number of carboxylic acids is 1. The molecule has 0 saturated heterocycles. The van der Waals surface area contributed by atoms with Gasteiger partial charge in [0.05, 0.1) is 0 Å². The number of amides is 1. The van der Waals surface area contributed by atoms with E-state index in [4.69, 9.17) is 5.11 Å². The molecule has 4 nitrogen and oxygen atoms in total. The summed E-state index contributed by atoms with van der Waals surface area (Å²) in [4.78, 5) is 24.2. The zero-order valence-electron chi connectivity index (χ0n) is 10.7. The van der Waals surface area contributed by atoms with Crippen LogP contribution in [-0.2, 0) is 9.59 Å². The van der Waals surface area contributed by atoms with Gasteiger partial charge in [0.25, 0.3) is 0 Å². The number of rotatable bonds is 7. The number of carbonyl (C=O) groups is 2. The van der Waals surface area contributed by atoms with Crippen LogP contribution in [-0.4, -0.2) is 34.5 Å². The highest BCUT2D eigenvalue weighted by atomic mass is 16.4. The molecule has 4 heteroatoms. The lowest BCUT2D eigenvalue weighted by molar-refractivity contribution is -0.140. The number of carbonyl (C=O) groups excluding carboxylic acids is 1. The topological polar surface area (TPSA) is 57.6 Å². The van der Waals surface area contributed by atoms with Crippen LogP contribution in [0.15, 0.2) is 0 Å². The average molecular weight is 229 g/mol. The Morgan fingerprint density at radius 1 is 1.25 bits per heavy atom. The van der Waals surface area contributed by atoms with Crippen molar-refractivity contribution in [1.82, 2.24) is 4.90 Å². The second-order valence-electron chi connectivity index (χ2n) is 4.43. The maximum Gasteiger partial charge on any atom is 0.303 e. The van der Waals surface area contributed by atoms with Gasteiger partial charge in [0.2, 0.25) is 5.91 Å². The lowest BCUT2D eigenvalue weighted by Gasteiger charge is -2.29. The van der Waals surface area contributed by atoms with E-state index in [1.807, 2.05) is 27.7 Å². The molecule has 0 bridgehead atoms. The summed E-state index contributed by atoms with van der Waals surface area (Å²) in [6.45, 7) is 8.35. The first-order chi connectivity index (χ1) is 7.40. The van der Waals surface area contributed by atoms with E-state index in [0.29, 0.717) is 13.0 Å². The first-order valence-electron chi connectivity index (χ1n) is 5.92. The van der Waals surface area contributed by atoms with Crippen LogP contribution in [0.2, 0.25) is 0 Å². The van der Waals surface area contributed by atoms with E-state index in [0.717, 1.165) is 6.42 Å². The lowest BCUT2D eigenvalue weighted by atomic mass is 10.1. The molecule has 1 unspecified atom stereocenters. The van der Waals surface area contributed by atoms with Gasteiger partial charge in [-0.3, -0.25) is 9.59 Å². The normalized spacial score (nSPS) is 12.6. The molecular formula is C12H23NO3. The molecule has 0 saturated carbocycles. The van der Waals surface area contributed by atoms with Crippen molar-refractivity contribution in [1.29, 1.82) is 0 Å². The highest BCUT2D eigenvalue weighted by Gasteiger charge is 2.21. The van der Waals surface area contributed by atoms with Crippen molar-refractivity contribution in [2.45, 2.75) is 53.0 Å². The average Bonchev–Trinajstić information content (AvgIpc) is 2.21. The number of carboxylic acid groups (broad SMARTS) is 1. The summed E-state index contributed by atoms with van der Waals surface area (Å²) < 4.78 is 0. The van der Waals surface area contributed by atoms with E-state index < -0.39 is 5.97 Å². The van der Waals surface area contributed by atoms with Crippen molar-refractivity contribution < 1.29 is 14.7 Å². The summed E-state index contributed by atoms with van der Waals surface area (Å²) >= 11 is 0. The van der Waals surface area contributed by atoms with E-state index in [2.05, 4.69) is 0 Å². The van der Waals surface area contributed by atoms with Crippen molar-refractivity contribution in [2.24, 2.45) is 5.92 Å². The summed E-state index contributed by atoms with van der Waals surface area (Å²) in [5.41, 5.74) is 0. The Balaban J connectivity index is 4.27. The third-order valence-corrected chi connectivity index (χ3v) is 2.73. The van der Waals surface area contributed by atoms with Gasteiger partial charge in [-0.15, -0.1) is 0 Å². The van der Waals surface area contributed by atoms with Crippen LogP contribution in [0.3, 0.4) is 0 Å². The molecule has 1 atom stereocenters. The minimum Gasteiger partial charge on any atom is -0.481 e. The van der Waals surface area contributed by atoms with Crippen LogP contribution < -0.4 is 0 Å². The van der Waals surface area contributed by atoms with Gasteiger partial charge in [-0.25, -0.2) is 0 Å². The van der Waals surface area contributed by atoms with Gasteiger partial charge < -0.3 is 10.0 Å². The SMILES string of the molecule is CCC(C)C(=O)N(CCCC(=O)O)C(C)C. The van der Waals surface area contributed by atoms with Crippen LogP contribution in [0.4, 0.5) is 0 Å². The summed E-state index contributed by atoms with van der Waals surface area (Å²) in [6.07, 6.45) is 1.47. The van der Waals surface area contributed by atoms with Crippen LogP contribution >= 0.6 is 0 Å². The van der Waals surface area contributed by atoms with Gasteiger partial charge in [0.1, 0.15) is 0 Å². The summed E-state index contributed by atoms with van der Waals surface area (Å²) in [5.74, 6) is -0.658. The number of hydrogen-bond acceptors (Lipinski definition) is 2. The monoisotopic (exact) mass is 229 g/mol.